The molecule has 116 valence electrons. The fraction of sp³-hybridized carbons (Fsp3) is 0.118. The van der Waals surface area contributed by atoms with Crippen molar-refractivity contribution in [2.75, 3.05) is 5.32 Å². The molecule has 0 unspecified atom stereocenters. The van der Waals surface area contributed by atoms with E-state index in [0.29, 0.717) is 22.3 Å². The molecule has 3 rings (SSSR count). The Hall–Kier alpha value is -3.02. The number of aromatic nitrogens is 2. The Morgan fingerprint density at radius 3 is 2.70 bits per heavy atom. The van der Waals surface area contributed by atoms with Gasteiger partial charge in [-0.1, -0.05) is 12.1 Å². The average molecular weight is 311 g/mol. The summed E-state index contributed by atoms with van der Waals surface area (Å²) in [5.41, 5.74) is 1.52. The summed E-state index contributed by atoms with van der Waals surface area (Å²) in [7, 11) is 1.59. The number of benzene rings is 2. The lowest BCUT2D eigenvalue weighted by Crippen LogP contribution is -2.30. The molecule has 0 radical (unpaired) electrons. The molecular formula is C17H14FN3O2. The number of rotatable bonds is 2. The molecule has 0 aliphatic heterocycles. The van der Waals surface area contributed by atoms with Gasteiger partial charge in [0.05, 0.1) is 11.0 Å². The smallest absolute Gasteiger partial charge is 0.282 e. The second-order valence-corrected chi connectivity index (χ2v) is 5.23. The first kappa shape index (κ1) is 14.9. The summed E-state index contributed by atoms with van der Waals surface area (Å²) in [4.78, 5) is 28.9. The van der Waals surface area contributed by atoms with Crippen molar-refractivity contribution in [1.82, 2.24) is 9.55 Å². The third-order valence-corrected chi connectivity index (χ3v) is 3.63. The fourth-order valence-corrected chi connectivity index (χ4v) is 2.38. The summed E-state index contributed by atoms with van der Waals surface area (Å²) >= 11 is 0. The van der Waals surface area contributed by atoms with Gasteiger partial charge < -0.3 is 9.88 Å². The summed E-state index contributed by atoms with van der Waals surface area (Å²) in [6.45, 7) is 1.67. The van der Waals surface area contributed by atoms with Crippen LogP contribution in [0, 0.1) is 12.7 Å². The second kappa shape index (κ2) is 5.64. The molecule has 0 atom stereocenters. The van der Waals surface area contributed by atoms with Crippen molar-refractivity contribution in [3.8, 4) is 0 Å². The third kappa shape index (κ3) is 2.70. The van der Waals surface area contributed by atoms with E-state index in [9.17, 15) is 14.0 Å². The van der Waals surface area contributed by atoms with E-state index in [0.717, 1.165) is 0 Å². The molecule has 5 nitrogen and oxygen atoms in total. The van der Waals surface area contributed by atoms with Crippen LogP contribution in [-0.4, -0.2) is 15.5 Å². The van der Waals surface area contributed by atoms with Crippen LogP contribution in [0.5, 0.6) is 0 Å². The number of aryl methyl sites for hydroxylation is 2. The highest BCUT2D eigenvalue weighted by atomic mass is 19.1. The van der Waals surface area contributed by atoms with Crippen molar-refractivity contribution in [3.05, 3.63) is 69.9 Å². The van der Waals surface area contributed by atoms with Gasteiger partial charge >= 0.3 is 0 Å². The molecule has 0 aliphatic carbocycles. The van der Waals surface area contributed by atoms with Crippen LogP contribution < -0.4 is 10.9 Å². The molecular weight excluding hydrogens is 297 g/mol. The Morgan fingerprint density at radius 2 is 1.96 bits per heavy atom. The minimum Gasteiger partial charge on any atom is -0.320 e. The molecule has 0 bridgehead atoms. The molecule has 1 N–H and O–H groups in total. The van der Waals surface area contributed by atoms with Crippen molar-refractivity contribution in [3.63, 3.8) is 0 Å². The Balaban J connectivity index is 2.04. The number of hydrogen-bond donors (Lipinski definition) is 1. The van der Waals surface area contributed by atoms with Gasteiger partial charge in [-0.3, -0.25) is 9.59 Å². The average Bonchev–Trinajstić information content (AvgIpc) is 2.53. The maximum atomic E-state index is 13.1. The molecule has 3 aromatic rings. The zero-order valence-electron chi connectivity index (χ0n) is 12.6. The molecule has 0 saturated carbocycles. The van der Waals surface area contributed by atoms with E-state index < -0.39 is 11.5 Å². The predicted molar refractivity (Wildman–Crippen MR) is 86.1 cm³/mol. The molecule has 1 heterocycles. The van der Waals surface area contributed by atoms with Crippen molar-refractivity contribution in [1.29, 1.82) is 0 Å². The van der Waals surface area contributed by atoms with Crippen LogP contribution in [0.15, 0.2) is 47.3 Å². The van der Waals surface area contributed by atoms with Crippen LogP contribution in [-0.2, 0) is 7.05 Å². The molecule has 0 aliphatic rings. The van der Waals surface area contributed by atoms with Crippen LogP contribution in [0.1, 0.15) is 16.1 Å². The van der Waals surface area contributed by atoms with Gasteiger partial charge in [-0.25, -0.2) is 9.37 Å². The van der Waals surface area contributed by atoms with Gasteiger partial charge in [0, 0.05) is 12.7 Å². The normalized spacial score (nSPS) is 10.7. The maximum Gasteiger partial charge on any atom is 0.282 e. The molecule has 0 saturated heterocycles. The van der Waals surface area contributed by atoms with E-state index in [2.05, 4.69) is 10.3 Å². The highest BCUT2D eigenvalue weighted by Gasteiger charge is 2.17. The molecule has 2 aromatic carbocycles. The lowest BCUT2D eigenvalue weighted by Gasteiger charge is -2.10. The number of halogens is 1. The topological polar surface area (TPSA) is 64.0 Å². The van der Waals surface area contributed by atoms with E-state index in [4.69, 9.17) is 0 Å². The summed E-state index contributed by atoms with van der Waals surface area (Å²) in [5.74, 6) is -1.01. The number of anilines is 1. The Labute approximate surface area is 131 Å². The highest BCUT2D eigenvalue weighted by molar-refractivity contribution is 6.03. The lowest BCUT2D eigenvalue weighted by atomic mass is 10.2. The van der Waals surface area contributed by atoms with E-state index in [1.54, 1.807) is 38.2 Å². The number of carbonyl (C=O) groups is 1. The molecule has 0 fully saturated rings. The SMILES string of the molecule is Cc1cc(F)ccc1NC(=O)c1nc2ccccc2n(C)c1=O. The highest BCUT2D eigenvalue weighted by Crippen LogP contribution is 2.16. The van der Waals surface area contributed by atoms with Gasteiger partial charge in [0.25, 0.3) is 11.5 Å². The first-order chi connectivity index (χ1) is 11.0. The van der Waals surface area contributed by atoms with Crippen molar-refractivity contribution in [2.24, 2.45) is 7.05 Å². The molecule has 6 heteroatoms. The second-order valence-electron chi connectivity index (χ2n) is 5.23. The van der Waals surface area contributed by atoms with Gasteiger partial charge in [0.1, 0.15) is 5.82 Å². The maximum absolute atomic E-state index is 13.1. The number of nitrogens with zero attached hydrogens (tertiary/aromatic N) is 2. The molecule has 1 aromatic heterocycles. The largest absolute Gasteiger partial charge is 0.320 e. The van der Waals surface area contributed by atoms with E-state index >= 15 is 0 Å². The summed E-state index contributed by atoms with van der Waals surface area (Å²) in [5, 5.41) is 2.61. The predicted octanol–water partition coefficient (Wildman–Crippen LogP) is 2.63. The zero-order valence-corrected chi connectivity index (χ0v) is 12.6. The third-order valence-electron chi connectivity index (χ3n) is 3.63. The lowest BCUT2D eigenvalue weighted by molar-refractivity contribution is 0.102. The van der Waals surface area contributed by atoms with Gasteiger partial charge in [-0.15, -0.1) is 0 Å². The number of para-hydroxylation sites is 2. The van der Waals surface area contributed by atoms with E-state index in [-0.39, 0.29) is 11.5 Å². The summed E-state index contributed by atoms with van der Waals surface area (Å²) in [6, 6.07) is 11.1. The zero-order chi connectivity index (χ0) is 16.6. The van der Waals surface area contributed by atoms with Crippen LogP contribution >= 0.6 is 0 Å². The fourth-order valence-electron chi connectivity index (χ4n) is 2.38. The standard InChI is InChI=1S/C17H14FN3O2/c1-10-9-11(18)7-8-12(10)20-16(22)15-17(23)21(2)14-6-4-3-5-13(14)19-15/h3-9H,1-2H3,(H,20,22). The summed E-state index contributed by atoms with van der Waals surface area (Å²) in [6.07, 6.45) is 0. The monoisotopic (exact) mass is 311 g/mol. The van der Waals surface area contributed by atoms with Crippen LogP contribution in [0.2, 0.25) is 0 Å². The Kier molecular flexibility index (Phi) is 3.65. The number of hydrogen-bond acceptors (Lipinski definition) is 3. The van der Waals surface area contributed by atoms with Crippen LogP contribution in [0.25, 0.3) is 11.0 Å². The number of fused-ring (bicyclic) bond motifs is 1. The first-order valence-electron chi connectivity index (χ1n) is 7.00. The number of carbonyl (C=O) groups excluding carboxylic acids is 1. The summed E-state index contributed by atoms with van der Waals surface area (Å²) < 4.78 is 14.5. The minimum atomic E-state index is -0.619. The van der Waals surface area contributed by atoms with Gasteiger partial charge in [0.2, 0.25) is 0 Å². The van der Waals surface area contributed by atoms with Crippen molar-refractivity contribution >= 4 is 22.6 Å². The van der Waals surface area contributed by atoms with Gasteiger partial charge in [-0.05, 0) is 42.8 Å². The van der Waals surface area contributed by atoms with Crippen molar-refractivity contribution in [2.45, 2.75) is 6.92 Å². The van der Waals surface area contributed by atoms with Gasteiger partial charge in [0.15, 0.2) is 5.69 Å². The van der Waals surface area contributed by atoms with E-state index in [1.807, 2.05) is 0 Å². The van der Waals surface area contributed by atoms with Crippen molar-refractivity contribution < 1.29 is 9.18 Å². The number of nitrogens with one attached hydrogen (secondary N) is 1. The van der Waals surface area contributed by atoms with E-state index in [1.165, 1.54) is 22.8 Å². The quantitative estimate of drug-likeness (QED) is 0.791. The van der Waals surface area contributed by atoms with Crippen LogP contribution in [0.3, 0.4) is 0 Å². The van der Waals surface area contributed by atoms with Crippen LogP contribution in [0.4, 0.5) is 10.1 Å². The molecule has 1 amide bonds. The Bertz CT molecular complexity index is 979. The number of amides is 1. The molecule has 0 spiro atoms. The minimum absolute atomic E-state index is 0.199. The Morgan fingerprint density at radius 1 is 1.22 bits per heavy atom. The molecule has 23 heavy (non-hydrogen) atoms. The van der Waals surface area contributed by atoms with Gasteiger partial charge in [-0.2, -0.15) is 0 Å². The first-order valence-corrected chi connectivity index (χ1v) is 7.00.